The summed E-state index contributed by atoms with van der Waals surface area (Å²) in [6, 6.07) is 3.69. The number of pyridine rings is 1. The fraction of sp³-hybridized carbons (Fsp3) is 0.545. The monoisotopic (exact) mass is 432 g/mol. The largest absolute Gasteiger partial charge is 0.403 e. The average Bonchev–Trinajstić information content (AvgIpc) is 3.53. The molecule has 164 valence electrons. The van der Waals surface area contributed by atoms with E-state index in [1.54, 1.807) is 6.20 Å². The van der Waals surface area contributed by atoms with Crippen LogP contribution >= 0.6 is 0 Å². The van der Waals surface area contributed by atoms with E-state index in [0.29, 0.717) is 37.7 Å². The number of aromatic nitrogens is 1. The maximum absolute atomic E-state index is 11.9. The lowest BCUT2D eigenvalue weighted by atomic mass is 10.0. The van der Waals surface area contributed by atoms with Gasteiger partial charge in [0.2, 0.25) is 0 Å². The molecule has 1 unspecified atom stereocenters. The van der Waals surface area contributed by atoms with E-state index in [-0.39, 0.29) is 17.6 Å². The highest BCUT2D eigenvalue weighted by atomic mass is 32.2. The summed E-state index contributed by atoms with van der Waals surface area (Å²) < 4.78 is 29.8. The third-order valence-electron chi connectivity index (χ3n) is 5.31. The van der Waals surface area contributed by atoms with E-state index in [1.165, 1.54) is 0 Å². The van der Waals surface area contributed by atoms with Crippen molar-refractivity contribution in [2.45, 2.75) is 51.7 Å². The zero-order valence-electron chi connectivity index (χ0n) is 17.8. The number of ether oxygens (including phenoxy) is 1. The molecule has 1 aromatic heterocycles. The van der Waals surface area contributed by atoms with Gasteiger partial charge >= 0.3 is 0 Å². The van der Waals surface area contributed by atoms with Gasteiger partial charge in [0.15, 0.2) is 9.84 Å². The molecule has 0 amide bonds. The Morgan fingerprint density at radius 3 is 2.83 bits per heavy atom. The molecule has 0 radical (unpaired) electrons. The SMILES string of the molecule is C/C(N)=C\CC(/C=C(\C)C(=N)c1ccnc(N2CCCS(=O)(=O)CC2)c1)OC1CC1. The number of hydrogen-bond donors (Lipinski definition) is 2. The molecule has 2 heterocycles. The Bertz CT molecular complexity index is 931. The van der Waals surface area contributed by atoms with Crippen molar-refractivity contribution in [3.63, 3.8) is 0 Å². The van der Waals surface area contributed by atoms with E-state index in [0.717, 1.165) is 35.5 Å². The van der Waals surface area contributed by atoms with Crippen LogP contribution in [0.2, 0.25) is 0 Å². The fourth-order valence-electron chi connectivity index (χ4n) is 3.42. The fourth-order valence-corrected chi connectivity index (χ4v) is 4.69. The lowest BCUT2D eigenvalue weighted by Crippen LogP contribution is -2.27. The van der Waals surface area contributed by atoms with E-state index in [2.05, 4.69) is 4.98 Å². The van der Waals surface area contributed by atoms with Crippen molar-refractivity contribution in [2.24, 2.45) is 5.73 Å². The summed E-state index contributed by atoms with van der Waals surface area (Å²) in [6.07, 6.45) is 9.31. The number of nitrogens with one attached hydrogen (secondary N) is 1. The number of sulfone groups is 1. The molecular formula is C22H32N4O3S. The zero-order chi connectivity index (χ0) is 21.7. The predicted octanol–water partition coefficient (Wildman–Crippen LogP) is 2.82. The van der Waals surface area contributed by atoms with Crippen LogP contribution in [0, 0.1) is 5.41 Å². The second-order valence-electron chi connectivity index (χ2n) is 8.18. The number of anilines is 1. The van der Waals surface area contributed by atoms with Crippen LogP contribution in [-0.2, 0) is 14.6 Å². The first-order valence-electron chi connectivity index (χ1n) is 10.5. The van der Waals surface area contributed by atoms with E-state index in [4.69, 9.17) is 15.9 Å². The molecule has 3 rings (SSSR count). The summed E-state index contributed by atoms with van der Waals surface area (Å²) in [4.78, 5) is 6.41. The molecule has 8 heteroatoms. The van der Waals surface area contributed by atoms with Crippen LogP contribution in [0.3, 0.4) is 0 Å². The highest BCUT2D eigenvalue weighted by Crippen LogP contribution is 2.27. The van der Waals surface area contributed by atoms with Crippen LogP contribution in [-0.4, -0.2) is 55.9 Å². The van der Waals surface area contributed by atoms with Gasteiger partial charge in [0, 0.05) is 30.5 Å². The summed E-state index contributed by atoms with van der Waals surface area (Å²) in [6.45, 7) is 4.87. The molecule has 2 fully saturated rings. The Hall–Kier alpha value is -2.19. The Labute approximate surface area is 179 Å². The summed E-state index contributed by atoms with van der Waals surface area (Å²) in [5.41, 5.74) is 8.55. The van der Waals surface area contributed by atoms with Crippen molar-refractivity contribution in [2.75, 3.05) is 29.5 Å². The van der Waals surface area contributed by atoms with E-state index >= 15 is 0 Å². The molecule has 30 heavy (non-hydrogen) atoms. The van der Waals surface area contributed by atoms with Crippen molar-refractivity contribution in [1.82, 2.24) is 4.98 Å². The molecule has 1 aliphatic heterocycles. The Morgan fingerprint density at radius 1 is 1.37 bits per heavy atom. The maximum atomic E-state index is 11.9. The van der Waals surface area contributed by atoms with Gasteiger partial charge in [-0.3, -0.25) is 0 Å². The molecule has 1 saturated carbocycles. The lowest BCUT2D eigenvalue weighted by Gasteiger charge is -2.21. The van der Waals surface area contributed by atoms with Gasteiger partial charge in [0.05, 0.1) is 29.4 Å². The van der Waals surface area contributed by atoms with Gasteiger partial charge in [-0.1, -0.05) is 12.2 Å². The summed E-state index contributed by atoms with van der Waals surface area (Å²) in [5, 5.41) is 8.65. The Balaban J connectivity index is 1.74. The number of allylic oxidation sites excluding steroid dienone is 2. The molecule has 1 aliphatic carbocycles. The van der Waals surface area contributed by atoms with E-state index in [9.17, 15) is 8.42 Å². The van der Waals surface area contributed by atoms with Crippen LogP contribution in [0.4, 0.5) is 5.82 Å². The molecule has 1 atom stereocenters. The Kier molecular flexibility index (Phi) is 7.31. The lowest BCUT2D eigenvalue weighted by molar-refractivity contribution is 0.0728. The van der Waals surface area contributed by atoms with E-state index < -0.39 is 9.84 Å². The molecule has 1 saturated heterocycles. The first-order valence-corrected chi connectivity index (χ1v) is 12.3. The van der Waals surface area contributed by atoms with Crippen LogP contribution in [0.25, 0.3) is 0 Å². The van der Waals surface area contributed by atoms with Crippen molar-refractivity contribution >= 4 is 21.4 Å². The molecule has 7 nitrogen and oxygen atoms in total. The van der Waals surface area contributed by atoms with Gasteiger partial charge in [-0.15, -0.1) is 0 Å². The van der Waals surface area contributed by atoms with Gasteiger partial charge in [0.1, 0.15) is 5.82 Å². The van der Waals surface area contributed by atoms with Crippen molar-refractivity contribution in [1.29, 1.82) is 5.41 Å². The minimum atomic E-state index is -2.98. The van der Waals surface area contributed by atoms with Crippen LogP contribution in [0.1, 0.15) is 45.1 Å². The van der Waals surface area contributed by atoms with E-state index in [1.807, 2.05) is 43.0 Å². The van der Waals surface area contributed by atoms with Gasteiger partial charge in [-0.05, 0) is 57.2 Å². The highest BCUT2D eigenvalue weighted by molar-refractivity contribution is 7.91. The quantitative estimate of drug-likeness (QED) is 0.611. The normalized spacial score (nSPS) is 21.2. The molecule has 2 aliphatic rings. The molecule has 0 aromatic carbocycles. The number of hydrogen-bond acceptors (Lipinski definition) is 7. The second-order valence-corrected chi connectivity index (χ2v) is 10.5. The number of nitrogens with zero attached hydrogens (tertiary/aromatic N) is 2. The summed E-state index contributed by atoms with van der Waals surface area (Å²) >= 11 is 0. The maximum Gasteiger partial charge on any atom is 0.152 e. The van der Waals surface area contributed by atoms with Gasteiger partial charge in [-0.25, -0.2) is 13.4 Å². The van der Waals surface area contributed by atoms with Gasteiger partial charge < -0.3 is 20.8 Å². The average molecular weight is 433 g/mol. The minimum Gasteiger partial charge on any atom is -0.403 e. The molecular weight excluding hydrogens is 400 g/mol. The number of nitrogens with two attached hydrogens (primary N) is 1. The van der Waals surface area contributed by atoms with Crippen LogP contribution < -0.4 is 10.6 Å². The third kappa shape index (κ3) is 6.67. The number of rotatable bonds is 8. The second kappa shape index (κ2) is 9.75. The van der Waals surface area contributed by atoms with Crippen molar-refractivity contribution in [3.05, 3.63) is 47.3 Å². The third-order valence-corrected chi connectivity index (χ3v) is 7.02. The van der Waals surface area contributed by atoms with Crippen molar-refractivity contribution in [3.8, 4) is 0 Å². The summed E-state index contributed by atoms with van der Waals surface area (Å²) in [5.74, 6) is 1.08. The Morgan fingerprint density at radius 2 is 2.13 bits per heavy atom. The van der Waals surface area contributed by atoms with Gasteiger partial charge in [0.25, 0.3) is 0 Å². The zero-order valence-corrected chi connectivity index (χ0v) is 18.6. The van der Waals surface area contributed by atoms with Crippen LogP contribution in [0.15, 0.2) is 41.8 Å². The standard InChI is InChI=1S/C22H32N4O3S/c1-16(14-20(5-4-17(2)23)29-19-6-7-19)22(24)18-8-9-25-21(15-18)26-10-3-12-30(27,28)13-11-26/h4,8-9,14-15,19-20,24H,3,5-7,10-13,23H2,1-2H3/b16-14+,17-4+,24-22?. The summed E-state index contributed by atoms with van der Waals surface area (Å²) in [7, 11) is -2.98. The van der Waals surface area contributed by atoms with Crippen LogP contribution in [0.5, 0.6) is 0 Å². The minimum absolute atomic E-state index is 0.103. The topological polar surface area (TPSA) is 109 Å². The highest BCUT2D eigenvalue weighted by Gasteiger charge is 2.25. The van der Waals surface area contributed by atoms with Gasteiger partial charge in [-0.2, -0.15) is 0 Å². The molecule has 0 spiro atoms. The first kappa shape index (κ1) is 22.5. The smallest absolute Gasteiger partial charge is 0.152 e. The predicted molar refractivity (Wildman–Crippen MR) is 121 cm³/mol. The first-order chi connectivity index (χ1) is 14.2. The molecule has 3 N–H and O–H groups in total. The molecule has 1 aromatic rings. The van der Waals surface area contributed by atoms with Crippen molar-refractivity contribution < 1.29 is 13.2 Å². The molecule has 0 bridgehead atoms.